The quantitative estimate of drug-likeness (QED) is 0.532. The molecule has 0 aliphatic carbocycles. The average Bonchev–Trinajstić information content (AvgIpc) is 2.87. The molecule has 3 nitrogen and oxygen atoms in total. The summed E-state index contributed by atoms with van der Waals surface area (Å²) in [6, 6.07) is 6.42. The lowest BCUT2D eigenvalue weighted by atomic mass is 10.3. The first-order valence-corrected chi connectivity index (χ1v) is 4.80. The van der Waals surface area contributed by atoms with Crippen LogP contribution < -0.4 is 0 Å². The molecule has 72 valence electrons. The summed E-state index contributed by atoms with van der Waals surface area (Å²) in [6.45, 7) is 1.98. The van der Waals surface area contributed by atoms with Gasteiger partial charge in [-0.3, -0.25) is 4.79 Å². The van der Waals surface area contributed by atoms with Gasteiger partial charge in [0.15, 0.2) is 0 Å². The van der Waals surface area contributed by atoms with E-state index >= 15 is 0 Å². The Morgan fingerprint density at radius 3 is 2.86 bits per heavy atom. The second kappa shape index (κ2) is 4.01. The number of nitrogens with zero attached hydrogens (tertiary/aromatic N) is 1. The van der Waals surface area contributed by atoms with E-state index in [-0.39, 0.29) is 5.78 Å². The SMILES string of the molecule is O=C(C#CN1CCCC1)c1ccc[nH]1. The van der Waals surface area contributed by atoms with E-state index in [0.29, 0.717) is 5.69 Å². The molecule has 0 spiro atoms. The first-order chi connectivity index (χ1) is 6.86. The molecule has 0 bridgehead atoms. The van der Waals surface area contributed by atoms with E-state index in [4.69, 9.17) is 0 Å². The fraction of sp³-hybridized carbons (Fsp3) is 0.364. The Labute approximate surface area is 83.1 Å². The topological polar surface area (TPSA) is 36.1 Å². The molecule has 14 heavy (non-hydrogen) atoms. The predicted molar refractivity (Wildman–Crippen MR) is 53.7 cm³/mol. The Hall–Kier alpha value is -1.69. The highest BCUT2D eigenvalue weighted by Crippen LogP contribution is 2.04. The molecular formula is C11H12N2O. The van der Waals surface area contributed by atoms with Crippen LogP contribution in [0.3, 0.4) is 0 Å². The van der Waals surface area contributed by atoms with Crippen LogP contribution in [0.1, 0.15) is 23.3 Å². The number of hydrogen-bond acceptors (Lipinski definition) is 2. The Balaban J connectivity index is 1.99. The van der Waals surface area contributed by atoms with Crippen molar-refractivity contribution in [3.63, 3.8) is 0 Å². The van der Waals surface area contributed by atoms with Gasteiger partial charge in [0.25, 0.3) is 5.78 Å². The molecule has 1 saturated heterocycles. The van der Waals surface area contributed by atoms with Crippen molar-refractivity contribution in [2.24, 2.45) is 0 Å². The van der Waals surface area contributed by atoms with Crippen molar-refractivity contribution in [3.05, 3.63) is 24.0 Å². The van der Waals surface area contributed by atoms with Gasteiger partial charge in [0, 0.05) is 31.3 Å². The van der Waals surface area contributed by atoms with E-state index in [2.05, 4.69) is 16.9 Å². The van der Waals surface area contributed by atoms with Gasteiger partial charge in [-0.2, -0.15) is 0 Å². The molecule has 0 atom stereocenters. The number of likely N-dealkylation sites (tertiary alicyclic amines) is 1. The number of carbonyl (C=O) groups is 1. The van der Waals surface area contributed by atoms with Gasteiger partial charge in [-0.25, -0.2) is 0 Å². The molecule has 1 aromatic rings. The monoisotopic (exact) mass is 188 g/mol. The molecule has 0 unspecified atom stereocenters. The lowest BCUT2D eigenvalue weighted by molar-refractivity contribution is 0.105. The maximum absolute atomic E-state index is 11.4. The zero-order valence-electron chi connectivity index (χ0n) is 7.92. The van der Waals surface area contributed by atoms with Crippen LogP contribution in [0.4, 0.5) is 0 Å². The van der Waals surface area contributed by atoms with E-state index in [1.807, 2.05) is 4.90 Å². The number of nitrogens with one attached hydrogen (secondary N) is 1. The number of Topliss-reactive ketones (excluding diaryl/α,β-unsaturated/α-hetero) is 1. The van der Waals surface area contributed by atoms with E-state index in [0.717, 1.165) is 13.1 Å². The number of H-pyrrole nitrogens is 1. The van der Waals surface area contributed by atoms with Crippen LogP contribution in [0.25, 0.3) is 0 Å². The van der Waals surface area contributed by atoms with Gasteiger partial charge in [0.2, 0.25) is 0 Å². The molecule has 0 saturated carbocycles. The predicted octanol–water partition coefficient (Wildman–Crippen LogP) is 1.25. The molecule has 0 radical (unpaired) electrons. The van der Waals surface area contributed by atoms with Crippen LogP contribution in [-0.2, 0) is 0 Å². The summed E-state index contributed by atoms with van der Waals surface area (Å²) in [7, 11) is 0. The minimum Gasteiger partial charge on any atom is -0.358 e. The zero-order chi connectivity index (χ0) is 9.80. The highest BCUT2D eigenvalue weighted by molar-refractivity contribution is 6.07. The standard InChI is InChI=1S/C11H12N2O/c14-11(10-4-3-6-12-10)5-9-13-7-1-2-8-13/h3-4,6,12H,1-2,7-8H2. The van der Waals surface area contributed by atoms with Crippen LogP contribution in [-0.4, -0.2) is 28.8 Å². The van der Waals surface area contributed by atoms with Crippen molar-refractivity contribution in [2.45, 2.75) is 12.8 Å². The highest BCUT2D eigenvalue weighted by Gasteiger charge is 2.07. The average molecular weight is 188 g/mol. The first kappa shape index (κ1) is 8.89. The summed E-state index contributed by atoms with van der Waals surface area (Å²) < 4.78 is 0. The number of hydrogen-bond donors (Lipinski definition) is 1. The Morgan fingerprint density at radius 2 is 2.21 bits per heavy atom. The molecule has 1 aliphatic heterocycles. The van der Waals surface area contributed by atoms with Gasteiger partial charge >= 0.3 is 0 Å². The Kier molecular flexibility index (Phi) is 2.55. The number of rotatable bonds is 1. The van der Waals surface area contributed by atoms with E-state index in [9.17, 15) is 4.79 Å². The number of aromatic amines is 1. The van der Waals surface area contributed by atoms with E-state index < -0.39 is 0 Å². The third-order valence-electron chi connectivity index (χ3n) is 2.28. The van der Waals surface area contributed by atoms with Crippen LogP contribution in [0.15, 0.2) is 18.3 Å². The molecule has 0 amide bonds. The number of carbonyl (C=O) groups excluding carboxylic acids is 1. The normalized spacial score (nSPS) is 15.0. The van der Waals surface area contributed by atoms with E-state index in [1.54, 1.807) is 18.3 Å². The first-order valence-electron chi connectivity index (χ1n) is 4.80. The number of aromatic nitrogens is 1. The fourth-order valence-corrected chi connectivity index (χ4v) is 1.50. The minimum atomic E-state index is -0.137. The van der Waals surface area contributed by atoms with Gasteiger partial charge in [0.05, 0.1) is 5.69 Å². The molecule has 3 heteroatoms. The second-order valence-electron chi connectivity index (χ2n) is 3.34. The van der Waals surface area contributed by atoms with Crippen LogP contribution in [0, 0.1) is 12.0 Å². The lowest BCUT2D eigenvalue weighted by Crippen LogP contribution is -2.12. The summed E-state index contributed by atoms with van der Waals surface area (Å²) in [6.07, 6.45) is 4.10. The smallest absolute Gasteiger partial charge is 0.253 e. The van der Waals surface area contributed by atoms with Crippen molar-refractivity contribution in [1.82, 2.24) is 9.88 Å². The highest BCUT2D eigenvalue weighted by atomic mass is 16.1. The Bertz CT molecular complexity index is 364. The fourth-order valence-electron chi connectivity index (χ4n) is 1.50. The molecule has 1 N–H and O–H groups in total. The van der Waals surface area contributed by atoms with Crippen molar-refractivity contribution in [1.29, 1.82) is 0 Å². The second-order valence-corrected chi connectivity index (χ2v) is 3.34. The molecule has 1 aromatic heterocycles. The third kappa shape index (κ3) is 1.97. The maximum Gasteiger partial charge on any atom is 0.253 e. The maximum atomic E-state index is 11.4. The Morgan fingerprint density at radius 1 is 1.43 bits per heavy atom. The minimum absolute atomic E-state index is 0.137. The van der Waals surface area contributed by atoms with Gasteiger partial charge < -0.3 is 9.88 Å². The molecule has 1 aliphatic rings. The summed E-state index contributed by atoms with van der Waals surface area (Å²) >= 11 is 0. The molecule has 2 heterocycles. The van der Waals surface area contributed by atoms with Crippen molar-refractivity contribution in [2.75, 3.05) is 13.1 Å². The zero-order valence-corrected chi connectivity index (χ0v) is 7.92. The summed E-state index contributed by atoms with van der Waals surface area (Å²) in [5.41, 5.74) is 0.566. The molecule has 0 aromatic carbocycles. The van der Waals surface area contributed by atoms with Gasteiger partial charge in [-0.05, 0) is 25.0 Å². The van der Waals surface area contributed by atoms with Crippen molar-refractivity contribution < 1.29 is 4.79 Å². The third-order valence-corrected chi connectivity index (χ3v) is 2.28. The largest absolute Gasteiger partial charge is 0.358 e. The van der Waals surface area contributed by atoms with Gasteiger partial charge in [-0.1, -0.05) is 0 Å². The van der Waals surface area contributed by atoms with Crippen molar-refractivity contribution in [3.8, 4) is 12.0 Å². The summed E-state index contributed by atoms with van der Waals surface area (Å²) in [4.78, 5) is 16.3. The van der Waals surface area contributed by atoms with Crippen LogP contribution in [0.5, 0.6) is 0 Å². The van der Waals surface area contributed by atoms with Gasteiger partial charge in [-0.15, -0.1) is 0 Å². The van der Waals surface area contributed by atoms with Crippen LogP contribution >= 0.6 is 0 Å². The lowest BCUT2D eigenvalue weighted by Gasteiger charge is -2.04. The van der Waals surface area contributed by atoms with Crippen LogP contribution in [0.2, 0.25) is 0 Å². The van der Waals surface area contributed by atoms with Crippen molar-refractivity contribution >= 4 is 5.78 Å². The molecule has 2 rings (SSSR count). The molecular weight excluding hydrogens is 176 g/mol. The molecule has 1 fully saturated rings. The number of ketones is 1. The summed E-state index contributed by atoms with van der Waals surface area (Å²) in [5.74, 6) is 2.50. The van der Waals surface area contributed by atoms with Gasteiger partial charge in [0.1, 0.15) is 0 Å². The van der Waals surface area contributed by atoms with E-state index in [1.165, 1.54) is 12.8 Å². The summed E-state index contributed by atoms with van der Waals surface area (Å²) in [5, 5.41) is 0.